The van der Waals surface area contributed by atoms with Gasteiger partial charge >= 0.3 is 5.97 Å². The molecule has 70 valence electrons. The van der Waals surface area contributed by atoms with Gasteiger partial charge in [-0.2, -0.15) is 5.26 Å². The van der Waals surface area contributed by atoms with Crippen molar-refractivity contribution in [1.82, 2.24) is 0 Å². The van der Waals surface area contributed by atoms with Crippen LogP contribution in [0.3, 0.4) is 0 Å². The summed E-state index contributed by atoms with van der Waals surface area (Å²) in [6.07, 6.45) is 5.26. The van der Waals surface area contributed by atoms with E-state index in [1.807, 2.05) is 6.07 Å². The third kappa shape index (κ3) is 1.13. The van der Waals surface area contributed by atoms with E-state index < -0.39 is 11.4 Å². The zero-order chi connectivity index (χ0) is 9.47. The Kier molecular flexibility index (Phi) is 1.80. The third-order valence-corrected chi connectivity index (χ3v) is 3.56. The molecule has 0 aromatic rings. The van der Waals surface area contributed by atoms with Gasteiger partial charge in [-0.1, -0.05) is 25.7 Å². The minimum Gasteiger partial charge on any atom is -0.480 e. The molecule has 2 aliphatic carbocycles. The highest BCUT2D eigenvalue weighted by Crippen LogP contribution is 2.59. The predicted molar refractivity (Wildman–Crippen MR) is 45.7 cm³/mol. The number of hydrogen-bond acceptors (Lipinski definition) is 2. The zero-order valence-corrected chi connectivity index (χ0v) is 7.49. The molecule has 0 radical (unpaired) electrons. The van der Waals surface area contributed by atoms with Gasteiger partial charge in [0.05, 0.1) is 6.07 Å². The van der Waals surface area contributed by atoms with Gasteiger partial charge in [0, 0.05) is 0 Å². The lowest BCUT2D eigenvalue weighted by Crippen LogP contribution is -2.17. The maximum atomic E-state index is 10.9. The first-order chi connectivity index (χ1) is 6.20. The zero-order valence-electron chi connectivity index (χ0n) is 7.49. The fourth-order valence-corrected chi connectivity index (χ4v) is 2.64. The normalized spacial score (nSPS) is 38.5. The summed E-state index contributed by atoms with van der Waals surface area (Å²) in [6.45, 7) is 0. The molecule has 0 heterocycles. The Morgan fingerprint density at radius 3 is 2.46 bits per heavy atom. The smallest absolute Gasteiger partial charge is 0.324 e. The Bertz CT molecular complexity index is 275. The molecule has 0 aliphatic heterocycles. The van der Waals surface area contributed by atoms with E-state index in [2.05, 4.69) is 0 Å². The van der Waals surface area contributed by atoms with Crippen LogP contribution in [0.25, 0.3) is 0 Å². The molecule has 3 nitrogen and oxygen atoms in total. The quantitative estimate of drug-likeness (QED) is 0.703. The van der Waals surface area contributed by atoms with E-state index in [0.29, 0.717) is 12.3 Å². The van der Waals surface area contributed by atoms with E-state index in [-0.39, 0.29) is 5.92 Å². The van der Waals surface area contributed by atoms with Crippen molar-refractivity contribution >= 4 is 5.97 Å². The molecule has 0 aromatic heterocycles. The Hall–Kier alpha value is -1.04. The van der Waals surface area contributed by atoms with E-state index in [1.54, 1.807) is 0 Å². The van der Waals surface area contributed by atoms with Crippen molar-refractivity contribution in [3.8, 4) is 6.07 Å². The molecular weight excluding hydrogens is 166 g/mol. The minimum absolute atomic E-state index is 0.150. The summed E-state index contributed by atoms with van der Waals surface area (Å²) in [5.74, 6) is -0.250. The number of nitrogens with zero attached hydrogens (tertiary/aromatic N) is 1. The maximum Gasteiger partial charge on any atom is 0.324 e. The molecule has 3 heteroatoms. The van der Waals surface area contributed by atoms with Crippen molar-refractivity contribution in [2.24, 2.45) is 17.3 Å². The van der Waals surface area contributed by atoms with Gasteiger partial charge in [0.2, 0.25) is 0 Å². The summed E-state index contributed by atoms with van der Waals surface area (Å²) in [7, 11) is 0. The van der Waals surface area contributed by atoms with Crippen LogP contribution in [-0.2, 0) is 4.79 Å². The summed E-state index contributed by atoms with van der Waals surface area (Å²) in [5.41, 5.74) is -1.00. The molecule has 0 spiro atoms. The van der Waals surface area contributed by atoms with Gasteiger partial charge in [-0.3, -0.25) is 4.79 Å². The van der Waals surface area contributed by atoms with Crippen molar-refractivity contribution in [3.05, 3.63) is 0 Å². The molecule has 0 saturated heterocycles. The summed E-state index contributed by atoms with van der Waals surface area (Å²) < 4.78 is 0. The van der Waals surface area contributed by atoms with E-state index in [4.69, 9.17) is 10.4 Å². The topological polar surface area (TPSA) is 61.1 Å². The fraction of sp³-hybridized carbons (Fsp3) is 0.800. The molecule has 2 atom stereocenters. The predicted octanol–water partition coefficient (Wildman–Crippen LogP) is 1.79. The van der Waals surface area contributed by atoms with Gasteiger partial charge in [0.25, 0.3) is 0 Å². The molecular formula is C10H13NO2. The van der Waals surface area contributed by atoms with Crippen molar-refractivity contribution in [3.63, 3.8) is 0 Å². The number of carbonyl (C=O) groups is 1. The first kappa shape index (κ1) is 8.55. The number of hydrogen-bond donors (Lipinski definition) is 1. The molecule has 2 fully saturated rings. The first-order valence-electron chi connectivity index (χ1n) is 4.85. The van der Waals surface area contributed by atoms with Crippen LogP contribution in [0.1, 0.15) is 32.1 Å². The standard InChI is InChI=1S/C10H13NO2/c11-6-10(9(12)13)5-8(10)7-3-1-2-4-7/h7-8H,1-5H2,(H,12,13). The maximum absolute atomic E-state index is 10.9. The molecule has 2 saturated carbocycles. The van der Waals surface area contributed by atoms with Crippen LogP contribution < -0.4 is 0 Å². The highest BCUT2D eigenvalue weighted by atomic mass is 16.4. The van der Waals surface area contributed by atoms with Crippen LogP contribution in [-0.4, -0.2) is 11.1 Å². The van der Waals surface area contributed by atoms with Crippen LogP contribution in [0.2, 0.25) is 0 Å². The highest BCUT2D eigenvalue weighted by Gasteiger charge is 2.64. The second-order valence-corrected chi connectivity index (χ2v) is 4.24. The van der Waals surface area contributed by atoms with Gasteiger partial charge in [0.15, 0.2) is 5.41 Å². The second kappa shape index (κ2) is 2.73. The fourth-order valence-electron chi connectivity index (χ4n) is 2.64. The number of aliphatic carboxylic acids is 1. The lowest BCUT2D eigenvalue weighted by Gasteiger charge is -2.08. The van der Waals surface area contributed by atoms with Crippen molar-refractivity contribution in [2.45, 2.75) is 32.1 Å². The van der Waals surface area contributed by atoms with E-state index in [1.165, 1.54) is 12.8 Å². The molecule has 1 N–H and O–H groups in total. The monoisotopic (exact) mass is 179 g/mol. The molecule has 2 aliphatic rings. The average Bonchev–Trinajstić information content (AvgIpc) is 2.63. The van der Waals surface area contributed by atoms with Gasteiger partial charge in [-0.25, -0.2) is 0 Å². The summed E-state index contributed by atoms with van der Waals surface area (Å²) in [4.78, 5) is 10.9. The molecule has 13 heavy (non-hydrogen) atoms. The second-order valence-electron chi connectivity index (χ2n) is 4.24. The van der Waals surface area contributed by atoms with Gasteiger partial charge in [-0.15, -0.1) is 0 Å². The third-order valence-electron chi connectivity index (χ3n) is 3.56. The summed E-state index contributed by atoms with van der Waals surface area (Å²) >= 11 is 0. The van der Waals surface area contributed by atoms with Crippen molar-refractivity contribution in [1.29, 1.82) is 5.26 Å². The van der Waals surface area contributed by atoms with Crippen LogP contribution >= 0.6 is 0 Å². The van der Waals surface area contributed by atoms with Crippen LogP contribution in [0.5, 0.6) is 0 Å². The highest BCUT2D eigenvalue weighted by molar-refractivity contribution is 5.82. The van der Waals surface area contributed by atoms with Crippen molar-refractivity contribution in [2.75, 3.05) is 0 Å². The van der Waals surface area contributed by atoms with Gasteiger partial charge < -0.3 is 5.11 Å². The first-order valence-corrected chi connectivity index (χ1v) is 4.85. The van der Waals surface area contributed by atoms with Crippen LogP contribution in [0.15, 0.2) is 0 Å². The van der Waals surface area contributed by atoms with E-state index in [9.17, 15) is 4.79 Å². The van der Waals surface area contributed by atoms with Gasteiger partial charge in [0.1, 0.15) is 0 Å². The van der Waals surface area contributed by atoms with Crippen molar-refractivity contribution < 1.29 is 9.90 Å². The largest absolute Gasteiger partial charge is 0.480 e. The average molecular weight is 179 g/mol. The lowest BCUT2D eigenvalue weighted by atomic mass is 9.94. The molecule has 0 bridgehead atoms. The Labute approximate surface area is 77.4 Å². The Morgan fingerprint density at radius 2 is 2.08 bits per heavy atom. The lowest BCUT2D eigenvalue weighted by molar-refractivity contribution is -0.141. The number of nitriles is 1. The summed E-state index contributed by atoms with van der Waals surface area (Å²) in [5, 5.41) is 17.7. The molecule has 2 rings (SSSR count). The number of rotatable bonds is 2. The Balaban J connectivity index is 2.07. The van der Waals surface area contributed by atoms with Gasteiger partial charge in [-0.05, 0) is 18.3 Å². The molecule has 0 amide bonds. The minimum atomic E-state index is -1.00. The van der Waals surface area contributed by atoms with E-state index in [0.717, 1.165) is 12.8 Å². The van der Waals surface area contributed by atoms with Crippen LogP contribution in [0.4, 0.5) is 0 Å². The SMILES string of the molecule is N#CC1(C(=O)O)CC1C1CCCC1. The Morgan fingerprint density at radius 1 is 1.46 bits per heavy atom. The number of carboxylic acids is 1. The number of carboxylic acid groups (broad SMARTS) is 1. The van der Waals surface area contributed by atoms with E-state index >= 15 is 0 Å². The van der Waals surface area contributed by atoms with Crippen LogP contribution in [0, 0.1) is 28.6 Å². The summed E-state index contributed by atoms with van der Waals surface area (Å²) in [6, 6.07) is 1.98. The molecule has 2 unspecified atom stereocenters. The molecule has 0 aromatic carbocycles.